The number of nitrogens with two attached hydrogens (primary N) is 3. The predicted octanol–water partition coefficient (Wildman–Crippen LogP) is -4.37. The van der Waals surface area contributed by atoms with Gasteiger partial charge in [0.15, 0.2) is 17.6 Å². The van der Waals surface area contributed by atoms with Crippen LogP contribution in [0.1, 0.15) is 0 Å². The minimum absolute atomic E-state index is 0.0597. The summed E-state index contributed by atoms with van der Waals surface area (Å²) in [4.78, 5) is 20.5. The van der Waals surface area contributed by atoms with Crippen molar-refractivity contribution in [1.29, 1.82) is 0 Å². The molecule has 3 aliphatic rings. The first kappa shape index (κ1) is 17.5. The van der Waals surface area contributed by atoms with Crippen LogP contribution in [0.3, 0.4) is 0 Å². The zero-order valence-corrected chi connectivity index (χ0v) is 13.5. The number of rotatable bonds is 4. The second-order valence-electron chi connectivity index (χ2n) is 5.71. The summed E-state index contributed by atoms with van der Waals surface area (Å²) in [5, 5.41) is 13.4. The molecular weight excluding hydrogens is 362 g/mol. The van der Waals surface area contributed by atoms with Crippen molar-refractivity contribution in [2.45, 2.75) is 30.0 Å². The Morgan fingerprint density at radius 2 is 2.12 bits per heavy atom. The van der Waals surface area contributed by atoms with Crippen LogP contribution in [-0.4, -0.2) is 84.1 Å². The van der Waals surface area contributed by atoms with Crippen LogP contribution in [0.5, 0.6) is 0 Å². The van der Waals surface area contributed by atoms with Crippen molar-refractivity contribution in [3.8, 4) is 0 Å². The highest BCUT2D eigenvalue weighted by Gasteiger charge is 2.66. The fourth-order valence-electron chi connectivity index (χ4n) is 3.42. The summed E-state index contributed by atoms with van der Waals surface area (Å²) in [6, 6.07) is -1.72. The molecule has 15 heteroatoms. The van der Waals surface area contributed by atoms with Crippen molar-refractivity contribution in [3.63, 3.8) is 0 Å². The van der Waals surface area contributed by atoms with Gasteiger partial charge in [-0.1, -0.05) is 0 Å². The average molecular weight is 379 g/mol. The number of nitrogens with zero attached hydrogens (tertiary/aromatic N) is 3. The Balaban J connectivity index is 1.96. The number of carbonyl (C=O) groups is 1. The number of nitrogens with one attached hydrogen (secondary N) is 1. The molecule has 25 heavy (non-hydrogen) atoms. The number of carbonyl (C=O) groups excluding carboxylic acids is 1. The third-order valence-corrected chi connectivity index (χ3v) is 4.74. The number of hydrogen-bond donors (Lipinski definition) is 6. The molecule has 0 aromatic heterocycles. The molecular formula is C10H17N7O7S. The van der Waals surface area contributed by atoms with Gasteiger partial charge >= 0.3 is 16.5 Å². The number of aliphatic hydroxyl groups is 1. The van der Waals surface area contributed by atoms with Gasteiger partial charge in [-0.15, -0.1) is 0 Å². The van der Waals surface area contributed by atoms with E-state index in [1.807, 2.05) is 0 Å². The molecule has 1 amide bonds. The summed E-state index contributed by atoms with van der Waals surface area (Å²) >= 11 is 0. The van der Waals surface area contributed by atoms with E-state index in [1.54, 1.807) is 0 Å². The van der Waals surface area contributed by atoms with Crippen molar-refractivity contribution < 1.29 is 31.8 Å². The molecule has 14 nitrogen and oxygen atoms in total. The molecule has 0 bridgehead atoms. The summed E-state index contributed by atoms with van der Waals surface area (Å²) in [6.45, 7) is -0.503. The standard InChI is InChI=1S/C10H17N7O7S/c11-7-15-5-3(2-23-9(13)19)14-8(12)17-1-4(24-25(20,21)22)6(18)10(5,17)16-7/h3-6,18H,1-2H2,(H2,12,14)(H2,13,19)(H3,11,15,16)(H,20,21,22). The van der Waals surface area contributed by atoms with Crippen LogP contribution in [0.15, 0.2) is 9.98 Å². The van der Waals surface area contributed by atoms with Crippen LogP contribution in [-0.2, 0) is 19.3 Å². The first-order valence-electron chi connectivity index (χ1n) is 7.03. The van der Waals surface area contributed by atoms with Crippen LogP contribution in [0.25, 0.3) is 0 Å². The van der Waals surface area contributed by atoms with Crippen molar-refractivity contribution in [2.75, 3.05) is 13.2 Å². The van der Waals surface area contributed by atoms with Crippen LogP contribution in [0.4, 0.5) is 4.79 Å². The molecule has 5 atom stereocenters. The van der Waals surface area contributed by atoms with E-state index in [1.165, 1.54) is 4.90 Å². The highest BCUT2D eigenvalue weighted by atomic mass is 32.3. The molecule has 3 heterocycles. The first-order chi connectivity index (χ1) is 11.5. The normalized spacial score (nSPS) is 36.8. The van der Waals surface area contributed by atoms with Gasteiger partial charge in [0.05, 0.1) is 6.54 Å². The third-order valence-electron chi connectivity index (χ3n) is 4.25. The molecule has 0 aliphatic carbocycles. The molecule has 0 saturated carbocycles. The van der Waals surface area contributed by atoms with Gasteiger partial charge in [0.1, 0.15) is 30.9 Å². The summed E-state index contributed by atoms with van der Waals surface area (Å²) in [5.41, 5.74) is 15.1. The van der Waals surface area contributed by atoms with Crippen LogP contribution in [0.2, 0.25) is 0 Å². The van der Waals surface area contributed by atoms with Gasteiger partial charge in [0, 0.05) is 0 Å². The monoisotopic (exact) mass is 379 g/mol. The Morgan fingerprint density at radius 1 is 1.44 bits per heavy atom. The second-order valence-corrected chi connectivity index (χ2v) is 6.76. The minimum Gasteiger partial charge on any atom is -0.447 e. The van der Waals surface area contributed by atoms with Crippen molar-refractivity contribution in [1.82, 2.24) is 10.2 Å². The number of amides is 1. The SMILES string of the molecule is NC(=O)OCC1N=C(N)N2CC(OS(=O)(=O)O)C(O)C23NC(N)=NC13. The van der Waals surface area contributed by atoms with Crippen molar-refractivity contribution in [3.05, 3.63) is 0 Å². The lowest BCUT2D eigenvalue weighted by Gasteiger charge is -2.46. The van der Waals surface area contributed by atoms with Crippen LogP contribution < -0.4 is 22.5 Å². The lowest BCUT2D eigenvalue weighted by atomic mass is 9.88. The maximum Gasteiger partial charge on any atom is 0.404 e. The Morgan fingerprint density at radius 3 is 2.72 bits per heavy atom. The van der Waals surface area contributed by atoms with E-state index in [9.17, 15) is 18.3 Å². The highest BCUT2D eigenvalue weighted by Crippen LogP contribution is 2.40. The molecule has 9 N–H and O–H groups in total. The summed E-state index contributed by atoms with van der Waals surface area (Å²) in [6.07, 6.45) is -3.92. The molecule has 1 saturated heterocycles. The Bertz CT molecular complexity index is 755. The maximum atomic E-state index is 11.0. The lowest BCUT2D eigenvalue weighted by Crippen LogP contribution is -2.73. The second kappa shape index (κ2) is 5.58. The molecule has 3 rings (SSSR count). The molecule has 5 unspecified atom stereocenters. The summed E-state index contributed by atoms with van der Waals surface area (Å²) in [5.74, 6) is -0.150. The Labute approximate surface area is 141 Å². The van der Waals surface area contributed by atoms with Gasteiger partial charge in [-0.2, -0.15) is 8.42 Å². The quantitative estimate of drug-likeness (QED) is 0.255. The molecule has 1 fully saturated rings. The first-order valence-corrected chi connectivity index (χ1v) is 8.39. The summed E-state index contributed by atoms with van der Waals surface area (Å²) < 4.78 is 40.2. The Hall–Kier alpha value is -2.36. The van der Waals surface area contributed by atoms with Gasteiger partial charge < -0.3 is 37.3 Å². The zero-order chi connectivity index (χ0) is 18.6. The van der Waals surface area contributed by atoms with Gasteiger partial charge in [0.25, 0.3) is 0 Å². The average Bonchev–Trinajstić information content (AvgIpc) is 2.95. The lowest BCUT2D eigenvalue weighted by molar-refractivity contribution is -0.0168. The molecule has 1 spiro atoms. The number of primary amides is 1. The molecule has 3 aliphatic heterocycles. The fraction of sp³-hybridized carbons (Fsp3) is 0.700. The van der Waals surface area contributed by atoms with Gasteiger partial charge in [-0.25, -0.2) is 19.0 Å². The predicted molar refractivity (Wildman–Crippen MR) is 81.4 cm³/mol. The third kappa shape index (κ3) is 2.80. The molecule has 0 radical (unpaired) electrons. The molecule has 140 valence electrons. The fourth-order valence-corrected chi connectivity index (χ4v) is 3.90. The van der Waals surface area contributed by atoms with Crippen molar-refractivity contribution in [2.24, 2.45) is 27.2 Å². The van der Waals surface area contributed by atoms with Crippen LogP contribution in [0, 0.1) is 0 Å². The van der Waals surface area contributed by atoms with Crippen LogP contribution >= 0.6 is 0 Å². The summed E-state index contributed by atoms with van der Waals surface area (Å²) in [7, 11) is -4.83. The smallest absolute Gasteiger partial charge is 0.404 e. The number of aliphatic imine (C=N–C) groups is 2. The number of hydrogen-bond acceptors (Lipinski definition) is 12. The van der Waals surface area contributed by atoms with Crippen molar-refractivity contribution >= 4 is 28.4 Å². The van der Waals surface area contributed by atoms with Gasteiger partial charge in [-0.3, -0.25) is 4.55 Å². The van der Waals surface area contributed by atoms with E-state index in [2.05, 4.69) is 19.5 Å². The van der Waals surface area contributed by atoms with Gasteiger partial charge in [-0.05, 0) is 0 Å². The van der Waals surface area contributed by atoms with E-state index >= 15 is 0 Å². The number of ether oxygens (including phenoxy) is 1. The van der Waals surface area contributed by atoms with E-state index in [0.29, 0.717) is 0 Å². The maximum absolute atomic E-state index is 11.0. The van der Waals surface area contributed by atoms with E-state index in [4.69, 9.17) is 26.5 Å². The Kier molecular flexibility index (Phi) is 3.90. The highest BCUT2D eigenvalue weighted by molar-refractivity contribution is 7.80. The van der Waals surface area contributed by atoms with E-state index in [-0.39, 0.29) is 25.1 Å². The topological polar surface area (TPSA) is 228 Å². The van der Waals surface area contributed by atoms with E-state index in [0.717, 1.165) is 0 Å². The largest absolute Gasteiger partial charge is 0.447 e. The number of guanidine groups is 2. The molecule has 0 aromatic carbocycles. The number of aliphatic hydroxyl groups excluding tert-OH is 1. The zero-order valence-electron chi connectivity index (χ0n) is 12.6. The van der Waals surface area contributed by atoms with E-state index < -0.39 is 46.4 Å². The minimum atomic E-state index is -4.83. The van der Waals surface area contributed by atoms with Gasteiger partial charge in [0.2, 0.25) is 0 Å². The molecule has 0 aromatic rings.